The molecule has 0 spiro atoms. The zero-order chi connectivity index (χ0) is 17.1. The van der Waals surface area contributed by atoms with Crippen LogP contribution in [0.1, 0.15) is 10.4 Å². The Bertz CT molecular complexity index is 955. The van der Waals surface area contributed by atoms with Crippen molar-refractivity contribution in [1.82, 2.24) is 15.0 Å². The average molecular weight is 361 g/mol. The van der Waals surface area contributed by atoms with E-state index in [0.717, 1.165) is 0 Å². The Morgan fingerprint density at radius 3 is 2.46 bits per heavy atom. The van der Waals surface area contributed by atoms with E-state index in [2.05, 4.69) is 20.3 Å². The van der Waals surface area contributed by atoms with Crippen molar-refractivity contribution >= 4 is 34.9 Å². The van der Waals surface area contributed by atoms with Gasteiger partial charge in [-0.3, -0.25) is 9.59 Å². The molecule has 1 aromatic carbocycles. The number of carbonyl (C=O) groups excluding carboxylic acids is 1. The summed E-state index contributed by atoms with van der Waals surface area (Å²) in [6.45, 7) is 0. The number of aromatic amines is 1. The minimum Gasteiger partial charge on any atom is -0.306 e. The lowest BCUT2D eigenvalue weighted by molar-refractivity contribution is 0.102. The number of anilines is 1. The molecule has 0 saturated heterocycles. The maximum atomic E-state index is 12.2. The quantitative estimate of drug-likeness (QED) is 0.749. The number of H-pyrrole nitrogens is 1. The standard InChI is InChI=1S/C16H10Cl2N4O2/c17-10-3-1-9(2-4-10)14-20-8-12(16(24)22-14)15(23)21-13-7-11(18)5-6-19-13/h1-8H,(H,19,21,23)(H,20,22,24). The van der Waals surface area contributed by atoms with Crippen LogP contribution in [0.15, 0.2) is 53.6 Å². The van der Waals surface area contributed by atoms with Crippen LogP contribution < -0.4 is 10.9 Å². The summed E-state index contributed by atoms with van der Waals surface area (Å²) in [6.07, 6.45) is 2.66. The van der Waals surface area contributed by atoms with Crippen LogP contribution in [-0.4, -0.2) is 20.9 Å². The third-order valence-corrected chi connectivity index (χ3v) is 3.61. The summed E-state index contributed by atoms with van der Waals surface area (Å²) < 4.78 is 0. The van der Waals surface area contributed by atoms with Gasteiger partial charge in [-0.25, -0.2) is 9.97 Å². The molecule has 2 N–H and O–H groups in total. The first-order valence-electron chi connectivity index (χ1n) is 6.81. The fraction of sp³-hybridized carbons (Fsp3) is 0. The van der Waals surface area contributed by atoms with Gasteiger partial charge in [0.1, 0.15) is 17.2 Å². The number of amides is 1. The van der Waals surface area contributed by atoms with E-state index in [0.29, 0.717) is 21.4 Å². The predicted molar refractivity (Wildman–Crippen MR) is 92.5 cm³/mol. The van der Waals surface area contributed by atoms with Crippen LogP contribution in [0.5, 0.6) is 0 Å². The van der Waals surface area contributed by atoms with Gasteiger partial charge in [-0.2, -0.15) is 0 Å². The van der Waals surface area contributed by atoms with Gasteiger partial charge in [0, 0.05) is 28.0 Å². The molecule has 0 fully saturated rings. The SMILES string of the molecule is O=C(Nc1cc(Cl)ccn1)c1cnc(-c2ccc(Cl)cc2)[nH]c1=O. The van der Waals surface area contributed by atoms with E-state index < -0.39 is 11.5 Å². The van der Waals surface area contributed by atoms with Gasteiger partial charge >= 0.3 is 0 Å². The predicted octanol–water partition coefficient (Wildman–Crippen LogP) is 3.39. The molecule has 24 heavy (non-hydrogen) atoms. The zero-order valence-corrected chi connectivity index (χ0v) is 13.6. The minimum absolute atomic E-state index is 0.130. The molecule has 0 unspecified atom stereocenters. The molecule has 0 saturated carbocycles. The Morgan fingerprint density at radius 1 is 1.04 bits per heavy atom. The summed E-state index contributed by atoms with van der Waals surface area (Å²) in [5, 5.41) is 3.49. The molecule has 1 amide bonds. The largest absolute Gasteiger partial charge is 0.306 e. The molecule has 3 aromatic rings. The number of hydrogen-bond acceptors (Lipinski definition) is 4. The number of aromatic nitrogens is 3. The van der Waals surface area contributed by atoms with Crippen molar-refractivity contribution in [3.63, 3.8) is 0 Å². The number of carbonyl (C=O) groups is 1. The van der Waals surface area contributed by atoms with E-state index in [1.165, 1.54) is 18.5 Å². The Kier molecular flexibility index (Phi) is 4.59. The highest BCUT2D eigenvalue weighted by Crippen LogP contribution is 2.17. The highest BCUT2D eigenvalue weighted by atomic mass is 35.5. The maximum Gasteiger partial charge on any atom is 0.264 e. The second-order valence-corrected chi connectivity index (χ2v) is 5.67. The van der Waals surface area contributed by atoms with Crippen molar-refractivity contribution in [1.29, 1.82) is 0 Å². The number of hydrogen-bond donors (Lipinski definition) is 2. The topological polar surface area (TPSA) is 87.7 Å². The molecule has 0 aliphatic heterocycles. The first kappa shape index (κ1) is 16.2. The summed E-state index contributed by atoms with van der Waals surface area (Å²) in [5.74, 6) is -0.0380. The van der Waals surface area contributed by atoms with E-state index in [-0.39, 0.29) is 11.4 Å². The van der Waals surface area contributed by atoms with Gasteiger partial charge in [-0.15, -0.1) is 0 Å². The van der Waals surface area contributed by atoms with Gasteiger partial charge < -0.3 is 10.3 Å². The molecule has 8 heteroatoms. The number of benzene rings is 1. The Labute approximate surface area is 146 Å². The lowest BCUT2D eigenvalue weighted by Gasteiger charge is -2.05. The number of nitrogens with zero attached hydrogens (tertiary/aromatic N) is 2. The van der Waals surface area contributed by atoms with Crippen molar-refractivity contribution in [2.45, 2.75) is 0 Å². The van der Waals surface area contributed by atoms with Crippen LogP contribution in [0.2, 0.25) is 10.0 Å². The summed E-state index contributed by atoms with van der Waals surface area (Å²) in [6, 6.07) is 9.85. The Morgan fingerprint density at radius 2 is 1.79 bits per heavy atom. The van der Waals surface area contributed by atoms with Gasteiger partial charge in [-0.1, -0.05) is 23.2 Å². The smallest absolute Gasteiger partial charge is 0.264 e. The summed E-state index contributed by atoms with van der Waals surface area (Å²) >= 11 is 11.6. The summed E-state index contributed by atoms with van der Waals surface area (Å²) in [5.41, 5.74) is -0.0102. The fourth-order valence-corrected chi connectivity index (χ4v) is 2.25. The third kappa shape index (κ3) is 3.61. The lowest BCUT2D eigenvalue weighted by Crippen LogP contribution is -2.24. The van der Waals surface area contributed by atoms with Gasteiger partial charge in [0.25, 0.3) is 11.5 Å². The van der Waals surface area contributed by atoms with E-state index in [1.54, 1.807) is 30.3 Å². The van der Waals surface area contributed by atoms with E-state index in [4.69, 9.17) is 23.2 Å². The van der Waals surface area contributed by atoms with E-state index >= 15 is 0 Å². The molecule has 0 atom stereocenters. The molecule has 6 nitrogen and oxygen atoms in total. The highest BCUT2D eigenvalue weighted by Gasteiger charge is 2.13. The monoisotopic (exact) mass is 360 g/mol. The molecular weight excluding hydrogens is 351 g/mol. The maximum absolute atomic E-state index is 12.2. The fourth-order valence-electron chi connectivity index (χ4n) is 1.97. The Hall–Kier alpha value is -2.70. The second kappa shape index (κ2) is 6.82. The molecule has 2 heterocycles. The number of pyridine rings is 1. The third-order valence-electron chi connectivity index (χ3n) is 3.13. The first-order chi connectivity index (χ1) is 11.5. The average Bonchev–Trinajstić information content (AvgIpc) is 2.55. The van der Waals surface area contributed by atoms with Gasteiger partial charge in [-0.05, 0) is 36.4 Å². The second-order valence-electron chi connectivity index (χ2n) is 4.79. The van der Waals surface area contributed by atoms with Crippen LogP contribution >= 0.6 is 23.2 Å². The van der Waals surface area contributed by atoms with E-state index in [1.807, 2.05) is 0 Å². The van der Waals surface area contributed by atoms with Crippen molar-refractivity contribution in [3.05, 3.63) is 74.8 Å². The number of halogens is 2. The summed E-state index contributed by atoms with van der Waals surface area (Å²) in [4.78, 5) is 34.9. The van der Waals surface area contributed by atoms with Crippen LogP contribution in [0, 0.1) is 0 Å². The van der Waals surface area contributed by atoms with Crippen molar-refractivity contribution in [2.24, 2.45) is 0 Å². The van der Waals surface area contributed by atoms with Crippen LogP contribution in [0.25, 0.3) is 11.4 Å². The first-order valence-corrected chi connectivity index (χ1v) is 7.57. The molecule has 0 aliphatic rings. The highest BCUT2D eigenvalue weighted by molar-refractivity contribution is 6.31. The van der Waals surface area contributed by atoms with Crippen molar-refractivity contribution in [3.8, 4) is 11.4 Å². The molecule has 3 rings (SSSR count). The van der Waals surface area contributed by atoms with Gasteiger partial charge in [0.2, 0.25) is 0 Å². The molecule has 0 aliphatic carbocycles. The van der Waals surface area contributed by atoms with Crippen LogP contribution in [0.4, 0.5) is 5.82 Å². The Balaban J connectivity index is 1.85. The molecular formula is C16H10Cl2N4O2. The summed E-state index contributed by atoms with van der Waals surface area (Å²) in [7, 11) is 0. The normalized spacial score (nSPS) is 10.4. The van der Waals surface area contributed by atoms with Crippen LogP contribution in [-0.2, 0) is 0 Å². The molecule has 2 aromatic heterocycles. The van der Waals surface area contributed by atoms with Gasteiger partial charge in [0.15, 0.2) is 0 Å². The molecule has 0 bridgehead atoms. The number of nitrogens with one attached hydrogen (secondary N) is 2. The minimum atomic E-state index is -0.624. The molecule has 120 valence electrons. The zero-order valence-electron chi connectivity index (χ0n) is 12.1. The van der Waals surface area contributed by atoms with Crippen molar-refractivity contribution < 1.29 is 4.79 Å². The van der Waals surface area contributed by atoms with E-state index in [9.17, 15) is 9.59 Å². The number of rotatable bonds is 3. The van der Waals surface area contributed by atoms with Crippen molar-refractivity contribution in [2.75, 3.05) is 5.32 Å². The lowest BCUT2D eigenvalue weighted by atomic mass is 10.2. The van der Waals surface area contributed by atoms with Gasteiger partial charge in [0.05, 0.1) is 0 Å². The van der Waals surface area contributed by atoms with Crippen LogP contribution in [0.3, 0.4) is 0 Å². The molecule has 0 radical (unpaired) electrons.